The van der Waals surface area contributed by atoms with E-state index in [1.807, 2.05) is 31.2 Å². The zero-order valence-corrected chi connectivity index (χ0v) is 16.0. The molecule has 26 heavy (non-hydrogen) atoms. The first-order chi connectivity index (χ1) is 12.5. The molecule has 0 atom stereocenters. The van der Waals surface area contributed by atoms with Crippen molar-refractivity contribution >= 4 is 32.9 Å². The van der Waals surface area contributed by atoms with Crippen LogP contribution in [0.4, 0.5) is 0 Å². The average molecular weight is 417 g/mol. The number of carbonyl (C=O) groups is 1. The van der Waals surface area contributed by atoms with Crippen molar-refractivity contribution in [2.75, 3.05) is 13.2 Å². The van der Waals surface area contributed by atoms with Crippen LogP contribution in [0.1, 0.15) is 12.5 Å². The number of fused-ring (bicyclic) bond motifs is 1. The van der Waals surface area contributed by atoms with Crippen LogP contribution in [-0.4, -0.2) is 19.2 Å². The lowest BCUT2D eigenvalue weighted by atomic mass is 9.99. The Labute approximate surface area is 158 Å². The van der Waals surface area contributed by atoms with Crippen LogP contribution in [0.5, 0.6) is 5.75 Å². The van der Waals surface area contributed by atoms with Crippen molar-refractivity contribution < 1.29 is 18.7 Å². The molecule has 0 saturated heterocycles. The lowest BCUT2D eigenvalue weighted by molar-refractivity contribution is -0.145. The molecule has 6 heteroatoms. The van der Waals surface area contributed by atoms with Gasteiger partial charge in [-0.05, 0) is 55.3 Å². The Balaban J connectivity index is 2.01. The van der Waals surface area contributed by atoms with Gasteiger partial charge in [0.1, 0.15) is 11.3 Å². The largest absolute Gasteiger partial charge is 0.482 e. The molecule has 5 nitrogen and oxygen atoms in total. The van der Waals surface area contributed by atoms with Gasteiger partial charge >= 0.3 is 11.6 Å². The van der Waals surface area contributed by atoms with Gasteiger partial charge in [0.15, 0.2) is 6.61 Å². The Morgan fingerprint density at radius 1 is 1.15 bits per heavy atom. The van der Waals surface area contributed by atoms with Crippen LogP contribution in [0.3, 0.4) is 0 Å². The van der Waals surface area contributed by atoms with E-state index < -0.39 is 11.6 Å². The van der Waals surface area contributed by atoms with Crippen molar-refractivity contribution in [3.8, 4) is 16.9 Å². The van der Waals surface area contributed by atoms with Crippen molar-refractivity contribution in [1.29, 1.82) is 0 Å². The van der Waals surface area contributed by atoms with Gasteiger partial charge in [0.05, 0.1) is 12.2 Å². The highest BCUT2D eigenvalue weighted by Gasteiger charge is 2.14. The topological polar surface area (TPSA) is 65.7 Å². The molecule has 0 bridgehead atoms. The normalized spacial score (nSPS) is 10.7. The second-order valence-corrected chi connectivity index (χ2v) is 6.56. The van der Waals surface area contributed by atoms with Crippen LogP contribution < -0.4 is 10.4 Å². The molecule has 0 unspecified atom stereocenters. The molecule has 3 aromatic rings. The highest BCUT2D eigenvalue weighted by Crippen LogP contribution is 2.29. The predicted molar refractivity (Wildman–Crippen MR) is 102 cm³/mol. The molecular weight excluding hydrogens is 400 g/mol. The minimum absolute atomic E-state index is 0.172. The summed E-state index contributed by atoms with van der Waals surface area (Å²) in [5.41, 5.74) is 2.15. The number of esters is 1. The summed E-state index contributed by atoms with van der Waals surface area (Å²) >= 11 is 3.39. The van der Waals surface area contributed by atoms with E-state index >= 15 is 0 Å². The van der Waals surface area contributed by atoms with Gasteiger partial charge in [0, 0.05) is 9.86 Å². The maximum atomic E-state index is 12.4. The minimum Gasteiger partial charge on any atom is -0.482 e. The molecule has 1 heterocycles. The zero-order valence-electron chi connectivity index (χ0n) is 14.4. The number of hydrogen-bond acceptors (Lipinski definition) is 5. The van der Waals surface area contributed by atoms with Crippen LogP contribution in [0.2, 0.25) is 0 Å². The van der Waals surface area contributed by atoms with E-state index in [-0.39, 0.29) is 6.61 Å². The van der Waals surface area contributed by atoms with Crippen molar-refractivity contribution in [1.82, 2.24) is 0 Å². The van der Waals surface area contributed by atoms with E-state index in [1.54, 1.807) is 25.1 Å². The summed E-state index contributed by atoms with van der Waals surface area (Å²) in [6.07, 6.45) is 0. The molecule has 3 rings (SSSR count). The summed E-state index contributed by atoms with van der Waals surface area (Å²) in [5, 5.41) is 0.754. The van der Waals surface area contributed by atoms with E-state index in [1.165, 1.54) is 0 Å². The summed E-state index contributed by atoms with van der Waals surface area (Å²) in [5.74, 6) is 0.0729. The molecule has 0 aliphatic heterocycles. The van der Waals surface area contributed by atoms with Crippen LogP contribution in [0, 0.1) is 6.92 Å². The van der Waals surface area contributed by atoms with Gasteiger partial charge in [-0.15, -0.1) is 0 Å². The van der Waals surface area contributed by atoms with Crippen LogP contribution >= 0.6 is 15.9 Å². The molecular formula is C20H17BrO5. The fourth-order valence-electron chi connectivity index (χ4n) is 2.72. The third kappa shape index (κ3) is 3.80. The quantitative estimate of drug-likeness (QED) is 0.453. The molecule has 0 radical (unpaired) electrons. The fraction of sp³-hybridized carbons (Fsp3) is 0.200. The molecule has 134 valence electrons. The predicted octanol–water partition coefficient (Wildman–Crippen LogP) is 4.47. The van der Waals surface area contributed by atoms with E-state index in [9.17, 15) is 9.59 Å². The summed E-state index contributed by atoms with van der Waals surface area (Å²) in [7, 11) is 0. The third-order valence-electron chi connectivity index (χ3n) is 3.93. The Bertz CT molecular complexity index is 1010. The highest BCUT2D eigenvalue weighted by molar-refractivity contribution is 9.10. The maximum absolute atomic E-state index is 12.4. The van der Waals surface area contributed by atoms with Crippen molar-refractivity contribution in [2.45, 2.75) is 13.8 Å². The number of rotatable bonds is 5. The molecule has 0 spiro atoms. The first kappa shape index (κ1) is 18.2. The van der Waals surface area contributed by atoms with Crippen molar-refractivity contribution in [3.05, 3.63) is 62.9 Å². The van der Waals surface area contributed by atoms with Crippen LogP contribution in [0.25, 0.3) is 22.1 Å². The van der Waals surface area contributed by atoms with Gasteiger partial charge in [-0.2, -0.15) is 0 Å². The molecule has 2 aromatic carbocycles. The van der Waals surface area contributed by atoms with E-state index in [2.05, 4.69) is 15.9 Å². The SMILES string of the molecule is CCOC(=O)COc1ccc2oc(=O)c(-c3ccc(Br)cc3)c(C)c2c1. The molecule has 1 aromatic heterocycles. The first-order valence-corrected chi connectivity index (χ1v) is 8.90. The molecule has 0 saturated carbocycles. The average Bonchev–Trinajstić information content (AvgIpc) is 2.62. The van der Waals surface area contributed by atoms with E-state index in [0.717, 1.165) is 21.0 Å². The van der Waals surface area contributed by atoms with Gasteiger partial charge in [0.25, 0.3) is 0 Å². The number of aryl methyl sites for hydroxylation is 1. The highest BCUT2D eigenvalue weighted by atomic mass is 79.9. The fourth-order valence-corrected chi connectivity index (χ4v) is 2.98. The number of hydrogen-bond donors (Lipinski definition) is 0. The Kier molecular flexibility index (Phi) is 5.42. The molecule has 0 amide bonds. The summed E-state index contributed by atoms with van der Waals surface area (Å²) in [6.45, 7) is 3.74. The second kappa shape index (κ2) is 7.74. The summed E-state index contributed by atoms with van der Waals surface area (Å²) in [6, 6.07) is 12.5. The molecule has 0 aliphatic carbocycles. The van der Waals surface area contributed by atoms with Gasteiger partial charge < -0.3 is 13.9 Å². The summed E-state index contributed by atoms with van der Waals surface area (Å²) < 4.78 is 16.7. The smallest absolute Gasteiger partial charge is 0.344 e. The zero-order chi connectivity index (χ0) is 18.7. The van der Waals surface area contributed by atoms with E-state index in [0.29, 0.717) is 23.5 Å². The second-order valence-electron chi connectivity index (χ2n) is 5.65. The maximum Gasteiger partial charge on any atom is 0.344 e. The van der Waals surface area contributed by atoms with E-state index in [4.69, 9.17) is 13.9 Å². The number of carbonyl (C=O) groups excluding carboxylic acids is 1. The van der Waals surface area contributed by atoms with Gasteiger partial charge in [-0.3, -0.25) is 0 Å². The van der Waals surface area contributed by atoms with Crippen molar-refractivity contribution in [3.63, 3.8) is 0 Å². The number of ether oxygens (including phenoxy) is 2. The number of halogens is 1. The molecule has 0 aliphatic rings. The number of benzene rings is 2. The van der Waals surface area contributed by atoms with Crippen molar-refractivity contribution in [2.24, 2.45) is 0 Å². The summed E-state index contributed by atoms with van der Waals surface area (Å²) in [4.78, 5) is 23.9. The standard InChI is InChI=1S/C20H17BrO5/c1-3-24-18(22)11-25-15-8-9-17-16(10-15)12(2)19(20(23)26-17)13-4-6-14(21)7-5-13/h4-10H,3,11H2,1-2H3. The Morgan fingerprint density at radius 3 is 2.58 bits per heavy atom. The third-order valence-corrected chi connectivity index (χ3v) is 4.46. The molecule has 0 N–H and O–H groups in total. The molecule has 0 fully saturated rings. The van der Waals surface area contributed by atoms with Gasteiger partial charge in [-0.25, -0.2) is 9.59 Å². The lowest BCUT2D eigenvalue weighted by Crippen LogP contribution is -2.14. The lowest BCUT2D eigenvalue weighted by Gasteiger charge is -2.10. The van der Waals surface area contributed by atoms with Crippen LogP contribution in [-0.2, 0) is 9.53 Å². The van der Waals surface area contributed by atoms with Gasteiger partial charge in [-0.1, -0.05) is 28.1 Å². The first-order valence-electron chi connectivity index (χ1n) is 8.11. The van der Waals surface area contributed by atoms with Gasteiger partial charge in [0.2, 0.25) is 0 Å². The van der Waals surface area contributed by atoms with Crippen LogP contribution in [0.15, 0.2) is 56.1 Å². The minimum atomic E-state index is -0.431. The Morgan fingerprint density at radius 2 is 1.88 bits per heavy atom. The Hall–Kier alpha value is -2.60. The monoisotopic (exact) mass is 416 g/mol.